The molecule has 0 aliphatic rings. The number of aryl methyl sites for hydroxylation is 1. The normalized spacial score (nSPS) is 11.9. The minimum Gasteiger partial charge on any atom is -0.508 e. The number of phenols is 4. The van der Waals surface area contributed by atoms with E-state index in [1.807, 2.05) is 55.5 Å². The van der Waals surface area contributed by atoms with E-state index in [4.69, 9.17) is 0 Å². The van der Waals surface area contributed by atoms with Crippen molar-refractivity contribution in [2.24, 2.45) is 0 Å². The largest absolute Gasteiger partial charge is 0.508 e. The number of benzene rings is 5. The first-order chi connectivity index (χ1) is 17.9. The summed E-state index contributed by atoms with van der Waals surface area (Å²) < 4.78 is 0. The highest BCUT2D eigenvalue weighted by atomic mass is 16.3. The van der Waals surface area contributed by atoms with Crippen LogP contribution < -0.4 is 0 Å². The summed E-state index contributed by atoms with van der Waals surface area (Å²) in [4.78, 5) is 0. The van der Waals surface area contributed by atoms with Crippen LogP contribution in [0, 0.1) is 6.92 Å². The molecule has 1 unspecified atom stereocenters. The van der Waals surface area contributed by atoms with Gasteiger partial charge in [0.15, 0.2) is 0 Å². The van der Waals surface area contributed by atoms with Crippen molar-refractivity contribution >= 4 is 0 Å². The molecular formula is C33H28O4. The van der Waals surface area contributed by atoms with E-state index in [2.05, 4.69) is 24.3 Å². The quantitative estimate of drug-likeness (QED) is 0.191. The lowest BCUT2D eigenvalue weighted by atomic mass is 9.81. The van der Waals surface area contributed by atoms with Crippen LogP contribution >= 0.6 is 0 Å². The average molecular weight is 489 g/mol. The summed E-state index contributed by atoms with van der Waals surface area (Å²) in [5, 5.41) is 39.6. The summed E-state index contributed by atoms with van der Waals surface area (Å²) in [7, 11) is 0. The lowest BCUT2D eigenvalue weighted by molar-refractivity contribution is 0.470. The number of phenolic OH excluding ortho intramolecular Hbond substituents is 4. The van der Waals surface area contributed by atoms with E-state index in [0.29, 0.717) is 0 Å². The maximum atomic E-state index is 10.1. The summed E-state index contributed by atoms with van der Waals surface area (Å²) in [6, 6.07) is 35.7. The van der Waals surface area contributed by atoms with Gasteiger partial charge in [0, 0.05) is 11.8 Å². The molecule has 5 rings (SSSR count). The maximum absolute atomic E-state index is 10.1. The Labute approximate surface area is 216 Å². The van der Waals surface area contributed by atoms with Gasteiger partial charge in [0.2, 0.25) is 0 Å². The smallest absolute Gasteiger partial charge is 0.118 e. The highest BCUT2D eigenvalue weighted by Crippen LogP contribution is 2.38. The summed E-state index contributed by atoms with van der Waals surface area (Å²) in [6.45, 7) is 1.88. The van der Waals surface area contributed by atoms with Crippen LogP contribution in [0.15, 0.2) is 115 Å². The van der Waals surface area contributed by atoms with Crippen molar-refractivity contribution in [3.63, 3.8) is 0 Å². The third-order valence-corrected chi connectivity index (χ3v) is 6.84. The minimum atomic E-state index is -0.0882. The van der Waals surface area contributed by atoms with Crippen LogP contribution in [0.1, 0.15) is 50.8 Å². The van der Waals surface area contributed by atoms with Gasteiger partial charge in [-0.25, -0.2) is 0 Å². The van der Waals surface area contributed by atoms with Crippen LogP contribution in [0.5, 0.6) is 23.0 Å². The molecule has 0 fully saturated rings. The predicted octanol–water partition coefficient (Wildman–Crippen LogP) is 7.18. The lowest BCUT2D eigenvalue weighted by Gasteiger charge is -2.22. The molecule has 0 aromatic heterocycles. The Morgan fingerprint density at radius 1 is 0.378 bits per heavy atom. The second kappa shape index (κ2) is 10.1. The molecule has 0 radical (unpaired) electrons. The highest BCUT2D eigenvalue weighted by molar-refractivity contribution is 5.50. The van der Waals surface area contributed by atoms with Crippen molar-refractivity contribution in [1.29, 1.82) is 0 Å². The van der Waals surface area contributed by atoms with Crippen LogP contribution in [0.4, 0.5) is 0 Å². The van der Waals surface area contributed by atoms with Gasteiger partial charge in [0.1, 0.15) is 23.0 Å². The Bertz CT molecular complexity index is 1440. The summed E-state index contributed by atoms with van der Waals surface area (Å²) in [6.07, 6.45) is 0. The van der Waals surface area contributed by atoms with Crippen molar-refractivity contribution < 1.29 is 20.4 Å². The molecule has 0 bridgehead atoms. The van der Waals surface area contributed by atoms with E-state index in [-0.39, 0.29) is 34.8 Å². The van der Waals surface area contributed by atoms with Gasteiger partial charge in [0.05, 0.1) is 0 Å². The molecule has 0 aliphatic carbocycles. The molecule has 4 heteroatoms. The summed E-state index contributed by atoms with van der Waals surface area (Å²) in [5.74, 6) is 0.724. The van der Waals surface area contributed by atoms with E-state index in [0.717, 1.165) is 38.9 Å². The Kier molecular flexibility index (Phi) is 6.57. The molecular weight excluding hydrogens is 460 g/mol. The van der Waals surface area contributed by atoms with Gasteiger partial charge in [-0.2, -0.15) is 0 Å². The van der Waals surface area contributed by atoms with Crippen LogP contribution in [0.3, 0.4) is 0 Å². The predicted molar refractivity (Wildman–Crippen MR) is 145 cm³/mol. The van der Waals surface area contributed by atoms with E-state index >= 15 is 0 Å². The van der Waals surface area contributed by atoms with Crippen molar-refractivity contribution in [2.75, 3.05) is 0 Å². The Hall–Kier alpha value is -4.70. The number of rotatable bonds is 6. The molecule has 184 valence electrons. The van der Waals surface area contributed by atoms with Gasteiger partial charge in [-0.1, -0.05) is 72.8 Å². The molecule has 0 heterocycles. The van der Waals surface area contributed by atoms with Crippen LogP contribution in [0.2, 0.25) is 0 Å². The molecule has 5 aromatic rings. The number of aromatic hydroxyl groups is 4. The van der Waals surface area contributed by atoms with E-state index in [1.165, 1.54) is 0 Å². The van der Waals surface area contributed by atoms with Gasteiger partial charge < -0.3 is 20.4 Å². The Morgan fingerprint density at radius 2 is 0.649 bits per heavy atom. The zero-order valence-corrected chi connectivity index (χ0v) is 20.4. The average Bonchev–Trinajstić information content (AvgIpc) is 2.91. The van der Waals surface area contributed by atoms with Gasteiger partial charge in [0.25, 0.3) is 0 Å². The molecule has 0 saturated carbocycles. The van der Waals surface area contributed by atoms with Crippen LogP contribution in [0.25, 0.3) is 0 Å². The van der Waals surface area contributed by atoms with Crippen molar-refractivity contribution in [1.82, 2.24) is 0 Å². The van der Waals surface area contributed by atoms with E-state index < -0.39 is 0 Å². The second-order valence-electron chi connectivity index (χ2n) is 9.35. The zero-order valence-electron chi connectivity index (χ0n) is 20.4. The first-order valence-corrected chi connectivity index (χ1v) is 12.1. The summed E-state index contributed by atoms with van der Waals surface area (Å²) in [5.41, 5.74) is 7.09. The maximum Gasteiger partial charge on any atom is 0.118 e. The van der Waals surface area contributed by atoms with Crippen LogP contribution in [-0.2, 0) is 0 Å². The fraction of sp³-hybridized carbons (Fsp3) is 0.0909. The molecule has 0 saturated heterocycles. The fourth-order valence-electron chi connectivity index (χ4n) is 4.89. The monoisotopic (exact) mass is 488 g/mol. The molecule has 0 aliphatic heterocycles. The first-order valence-electron chi connectivity index (χ1n) is 12.1. The Morgan fingerprint density at radius 3 is 0.973 bits per heavy atom. The van der Waals surface area contributed by atoms with E-state index in [9.17, 15) is 20.4 Å². The first kappa shape index (κ1) is 24.0. The topological polar surface area (TPSA) is 80.9 Å². The molecule has 0 spiro atoms. The molecule has 37 heavy (non-hydrogen) atoms. The van der Waals surface area contributed by atoms with Gasteiger partial charge in [-0.3, -0.25) is 0 Å². The van der Waals surface area contributed by atoms with Gasteiger partial charge >= 0.3 is 0 Å². The third-order valence-electron chi connectivity index (χ3n) is 6.84. The molecule has 1 atom stereocenters. The molecule has 4 nitrogen and oxygen atoms in total. The van der Waals surface area contributed by atoms with Gasteiger partial charge in [-0.15, -0.1) is 0 Å². The Balaban J connectivity index is 1.59. The van der Waals surface area contributed by atoms with Crippen molar-refractivity contribution in [3.05, 3.63) is 154 Å². The van der Waals surface area contributed by atoms with E-state index in [1.54, 1.807) is 42.5 Å². The minimum absolute atomic E-state index is 0.0849. The number of hydrogen-bond acceptors (Lipinski definition) is 4. The SMILES string of the molecule is Cc1cc(C(c2ccc(O)cc2)c2ccc(C(c3ccc(O)cc3)c3ccc(O)cc3)cc2)ccc1O. The highest BCUT2D eigenvalue weighted by Gasteiger charge is 2.21. The number of hydrogen-bond donors (Lipinski definition) is 4. The zero-order chi connectivity index (χ0) is 25.9. The molecule has 0 amide bonds. The molecule has 5 aromatic carbocycles. The second-order valence-corrected chi connectivity index (χ2v) is 9.35. The fourth-order valence-corrected chi connectivity index (χ4v) is 4.89. The van der Waals surface area contributed by atoms with Crippen LogP contribution in [-0.4, -0.2) is 20.4 Å². The van der Waals surface area contributed by atoms with Crippen molar-refractivity contribution in [3.8, 4) is 23.0 Å². The molecule has 4 N–H and O–H groups in total. The van der Waals surface area contributed by atoms with Crippen molar-refractivity contribution in [2.45, 2.75) is 18.8 Å². The standard InChI is InChI=1S/C33H28O4/c1-21-20-27(12-19-31(21)37)33(26-10-17-30(36)18-11-26)23-4-2-22(3-5-23)32(24-6-13-28(34)14-7-24)25-8-15-29(35)16-9-25/h2-20,32-37H,1H3. The lowest BCUT2D eigenvalue weighted by Crippen LogP contribution is -2.06. The summed E-state index contributed by atoms with van der Waals surface area (Å²) >= 11 is 0. The van der Waals surface area contributed by atoms with Gasteiger partial charge in [-0.05, 0) is 88.3 Å². The third kappa shape index (κ3) is 5.14.